The molecule has 2 aromatic rings. The maximum Gasteiger partial charge on any atom is 0.490 e. The minimum absolute atomic E-state index is 0.148. The van der Waals surface area contributed by atoms with E-state index in [-0.39, 0.29) is 5.82 Å². The van der Waals surface area contributed by atoms with Crippen LogP contribution < -0.4 is 0 Å². The van der Waals surface area contributed by atoms with E-state index in [1.165, 1.54) is 24.0 Å². The van der Waals surface area contributed by atoms with Crippen LogP contribution >= 0.6 is 0 Å². The van der Waals surface area contributed by atoms with Crippen LogP contribution in [0.3, 0.4) is 0 Å². The summed E-state index contributed by atoms with van der Waals surface area (Å²) in [7, 11) is 0. The maximum absolute atomic E-state index is 12.9. The summed E-state index contributed by atoms with van der Waals surface area (Å²) in [5.41, 5.74) is 3.62. The highest BCUT2D eigenvalue weighted by atomic mass is 19.4. The number of carboxylic acid groups (broad SMARTS) is 2. The lowest BCUT2D eigenvalue weighted by Gasteiger charge is -2.32. The molecule has 36 heavy (non-hydrogen) atoms. The molecular weight excluding hydrogens is 501 g/mol. The Balaban J connectivity index is 0.000000383. The first-order valence-electron chi connectivity index (χ1n) is 10.6. The van der Waals surface area contributed by atoms with Gasteiger partial charge in [0.15, 0.2) is 0 Å². The van der Waals surface area contributed by atoms with Gasteiger partial charge in [0.2, 0.25) is 0 Å². The Kier molecular flexibility index (Phi) is 11.8. The topological polar surface area (TPSA) is 90.7 Å². The number of aromatic nitrogens is 1. The summed E-state index contributed by atoms with van der Waals surface area (Å²) in [6, 6.07) is 11.2. The van der Waals surface area contributed by atoms with Gasteiger partial charge in [0, 0.05) is 18.4 Å². The molecule has 0 atom stereocenters. The summed E-state index contributed by atoms with van der Waals surface area (Å²) in [6.07, 6.45) is -4.67. The third-order valence-corrected chi connectivity index (χ3v) is 5.01. The lowest BCUT2D eigenvalue weighted by Crippen LogP contribution is -2.33. The smallest absolute Gasteiger partial charge is 0.475 e. The van der Waals surface area contributed by atoms with Gasteiger partial charge in [-0.1, -0.05) is 18.2 Å². The number of hydrogen-bond donors (Lipinski definition) is 2. The number of nitrogens with zero attached hydrogens (tertiary/aromatic N) is 2. The minimum atomic E-state index is -5.08. The molecule has 2 heterocycles. The molecule has 13 heteroatoms. The molecule has 0 amide bonds. The third-order valence-electron chi connectivity index (χ3n) is 5.01. The number of aliphatic carboxylic acids is 2. The Morgan fingerprint density at radius 3 is 1.72 bits per heavy atom. The summed E-state index contributed by atoms with van der Waals surface area (Å²) < 4.78 is 76.4. The van der Waals surface area contributed by atoms with E-state index < -0.39 is 24.3 Å². The van der Waals surface area contributed by atoms with Crippen molar-refractivity contribution in [2.24, 2.45) is 5.92 Å². The number of likely N-dealkylation sites (tertiary alicyclic amines) is 1. The van der Waals surface area contributed by atoms with E-state index in [2.05, 4.69) is 22.0 Å². The lowest BCUT2D eigenvalue weighted by molar-refractivity contribution is -0.193. The van der Waals surface area contributed by atoms with Gasteiger partial charge < -0.3 is 10.2 Å². The van der Waals surface area contributed by atoms with Gasteiger partial charge in [-0.25, -0.2) is 14.0 Å². The monoisotopic (exact) mass is 526 g/mol. The van der Waals surface area contributed by atoms with Gasteiger partial charge in [0.05, 0.1) is 0 Å². The van der Waals surface area contributed by atoms with Crippen LogP contribution in [-0.2, 0) is 22.6 Å². The van der Waals surface area contributed by atoms with Gasteiger partial charge >= 0.3 is 24.3 Å². The van der Waals surface area contributed by atoms with Crippen molar-refractivity contribution in [3.63, 3.8) is 0 Å². The van der Waals surface area contributed by atoms with Gasteiger partial charge in [-0.05, 0) is 74.5 Å². The second-order valence-corrected chi connectivity index (χ2v) is 7.96. The highest BCUT2D eigenvalue weighted by Crippen LogP contribution is 2.23. The predicted octanol–water partition coefficient (Wildman–Crippen LogP) is 5.25. The fourth-order valence-electron chi connectivity index (χ4n) is 3.15. The van der Waals surface area contributed by atoms with Gasteiger partial charge in [0.1, 0.15) is 5.82 Å². The largest absolute Gasteiger partial charge is 0.490 e. The molecule has 6 nitrogen and oxygen atoms in total. The number of halogens is 7. The van der Waals surface area contributed by atoms with Crippen molar-refractivity contribution in [2.75, 3.05) is 13.1 Å². The normalized spacial score (nSPS) is 14.7. The number of piperidine rings is 1. The van der Waals surface area contributed by atoms with E-state index in [9.17, 15) is 30.7 Å². The summed E-state index contributed by atoms with van der Waals surface area (Å²) >= 11 is 0. The highest BCUT2D eigenvalue weighted by molar-refractivity contribution is 5.73. The molecule has 0 saturated carbocycles. The second kappa shape index (κ2) is 13.8. The van der Waals surface area contributed by atoms with Gasteiger partial charge in [0.25, 0.3) is 0 Å². The highest BCUT2D eigenvalue weighted by Gasteiger charge is 2.38. The first-order valence-corrected chi connectivity index (χ1v) is 10.6. The molecule has 1 fully saturated rings. The van der Waals surface area contributed by atoms with Crippen LogP contribution in [0.25, 0.3) is 0 Å². The molecular formula is C23H25F7N2O4. The van der Waals surface area contributed by atoms with E-state index in [1.54, 1.807) is 12.1 Å². The van der Waals surface area contributed by atoms with Gasteiger partial charge in [-0.15, -0.1) is 0 Å². The van der Waals surface area contributed by atoms with Crippen molar-refractivity contribution in [1.29, 1.82) is 0 Å². The number of rotatable bonds is 4. The molecule has 1 aliphatic rings. The van der Waals surface area contributed by atoms with Crippen molar-refractivity contribution >= 4 is 11.9 Å². The van der Waals surface area contributed by atoms with Crippen molar-refractivity contribution in [2.45, 2.75) is 45.1 Å². The summed E-state index contributed by atoms with van der Waals surface area (Å²) in [4.78, 5) is 24.7. The summed E-state index contributed by atoms with van der Waals surface area (Å²) in [6.45, 7) is 5.29. The zero-order chi connectivity index (χ0) is 27.5. The van der Waals surface area contributed by atoms with Crippen molar-refractivity contribution < 1.29 is 50.5 Å². The van der Waals surface area contributed by atoms with Crippen molar-refractivity contribution in [3.05, 3.63) is 65.2 Å². The number of carbonyl (C=O) groups is 2. The molecule has 0 spiro atoms. The third kappa shape index (κ3) is 12.5. The average Bonchev–Trinajstić information content (AvgIpc) is 2.78. The van der Waals surface area contributed by atoms with Crippen LogP contribution in [0.1, 0.15) is 29.7 Å². The van der Waals surface area contributed by atoms with Crippen LogP contribution in [0.5, 0.6) is 0 Å². The van der Waals surface area contributed by atoms with Crippen LogP contribution in [0.4, 0.5) is 30.7 Å². The molecule has 0 unspecified atom stereocenters. The standard InChI is InChI=1S/C19H23FN2.2C2HF3O2/c1-15-2-3-18(13-21-15)14-22-10-8-17(9-11-22)12-16-4-6-19(20)7-5-16;2*3-2(4,5)1(6)7/h2-7,13,17H,8-12,14H2,1H3;2*(H,6,7). The number of benzene rings is 1. The zero-order valence-corrected chi connectivity index (χ0v) is 19.1. The molecule has 1 aromatic heterocycles. The van der Waals surface area contributed by atoms with Crippen LogP contribution in [-0.4, -0.2) is 57.5 Å². The molecule has 2 N–H and O–H groups in total. The van der Waals surface area contributed by atoms with E-state index in [0.29, 0.717) is 0 Å². The SMILES string of the molecule is Cc1ccc(CN2CCC(Cc3ccc(F)cc3)CC2)cn1.O=C(O)C(F)(F)F.O=C(O)C(F)(F)F. The lowest BCUT2D eigenvalue weighted by atomic mass is 9.90. The van der Waals surface area contributed by atoms with Gasteiger partial charge in [-0.2, -0.15) is 26.3 Å². The van der Waals surface area contributed by atoms with Crippen LogP contribution in [0.15, 0.2) is 42.6 Å². The molecule has 3 rings (SSSR count). The van der Waals surface area contributed by atoms with Gasteiger partial charge in [-0.3, -0.25) is 9.88 Å². The fourth-order valence-corrected chi connectivity index (χ4v) is 3.15. The number of alkyl halides is 6. The predicted molar refractivity (Wildman–Crippen MR) is 114 cm³/mol. The van der Waals surface area contributed by atoms with Crippen LogP contribution in [0.2, 0.25) is 0 Å². The Hall–Kier alpha value is -3.22. The molecule has 0 bridgehead atoms. The number of pyridine rings is 1. The Morgan fingerprint density at radius 2 is 1.33 bits per heavy atom. The zero-order valence-electron chi connectivity index (χ0n) is 19.1. The van der Waals surface area contributed by atoms with Crippen molar-refractivity contribution in [1.82, 2.24) is 9.88 Å². The summed E-state index contributed by atoms with van der Waals surface area (Å²) in [5, 5.41) is 14.2. The Morgan fingerprint density at radius 1 is 0.889 bits per heavy atom. The van der Waals surface area contributed by atoms with Crippen LogP contribution in [0, 0.1) is 18.7 Å². The molecule has 1 saturated heterocycles. The quantitative estimate of drug-likeness (QED) is 0.529. The van der Waals surface area contributed by atoms with E-state index in [4.69, 9.17) is 19.8 Å². The first kappa shape index (κ1) is 30.8. The first-order chi connectivity index (χ1) is 16.6. The van der Waals surface area contributed by atoms with E-state index in [0.717, 1.165) is 37.7 Å². The number of hydrogen-bond acceptors (Lipinski definition) is 4. The Bertz CT molecular complexity index is 875. The Labute approximate surface area is 202 Å². The minimum Gasteiger partial charge on any atom is -0.475 e. The molecule has 0 aliphatic carbocycles. The van der Waals surface area contributed by atoms with E-state index >= 15 is 0 Å². The molecule has 200 valence electrons. The second-order valence-electron chi connectivity index (χ2n) is 7.96. The average molecular weight is 526 g/mol. The molecule has 1 aromatic carbocycles. The number of carboxylic acids is 2. The summed E-state index contributed by atoms with van der Waals surface area (Å²) in [5.74, 6) is -4.94. The van der Waals surface area contributed by atoms with Crippen molar-refractivity contribution in [3.8, 4) is 0 Å². The van der Waals surface area contributed by atoms with E-state index in [1.807, 2.05) is 25.3 Å². The maximum atomic E-state index is 12.9. The fraction of sp³-hybridized carbons (Fsp3) is 0.435. The molecule has 0 radical (unpaired) electrons. The molecule has 1 aliphatic heterocycles. The number of aryl methyl sites for hydroxylation is 1.